The predicted octanol–water partition coefficient (Wildman–Crippen LogP) is 4.58. The highest BCUT2D eigenvalue weighted by atomic mass is 32.1. The number of nitrogens with one attached hydrogen (secondary N) is 1. The van der Waals surface area contributed by atoms with Gasteiger partial charge < -0.3 is 5.32 Å². The minimum Gasteiger partial charge on any atom is -0.317 e. The molecule has 1 fully saturated rings. The van der Waals surface area contributed by atoms with Crippen LogP contribution in [-0.4, -0.2) is 13.1 Å². The Hall–Kier alpha value is -0.340. The van der Waals surface area contributed by atoms with Crippen molar-refractivity contribution in [3.05, 3.63) is 21.9 Å². The summed E-state index contributed by atoms with van der Waals surface area (Å²) in [7, 11) is 0. The van der Waals surface area contributed by atoms with E-state index in [4.69, 9.17) is 0 Å². The van der Waals surface area contributed by atoms with Crippen molar-refractivity contribution in [1.29, 1.82) is 0 Å². The average Bonchev–Trinajstić information content (AvgIpc) is 2.82. The molecular weight excluding hydrogens is 238 g/mol. The van der Waals surface area contributed by atoms with Crippen LogP contribution in [0.25, 0.3) is 0 Å². The van der Waals surface area contributed by atoms with Crippen molar-refractivity contribution in [3.63, 3.8) is 0 Å². The largest absolute Gasteiger partial charge is 0.317 e. The molecule has 3 atom stereocenters. The zero-order valence-corrected chi connectivity index (χ0v) is 12.9. The molecule has 1 aromatic heterocycles. The maximum atomic E-state index is 3.57. The molecular formula is C16H27NS. The van der Waals surface area contributed by atoms with Crippen LogP contribution in [0.5, 0.6) is 0 Å². The molecule has 0 aliphatic heterocycles. The Morgan fingerprint density at radius 1 is 1.33 bits per heavy atom. The second kappa shape index (κ2) is 6.72. The highest BCUT2D eigenvalue weighted by Gasteiger charge is 2.31. The molecule has 1 nitrogen and oxygen atoms in total. The summed E-state index contributed by atoms with van der Waals surface area (Å²) < 4.78 is 0. The summed E-state index contributed by atoms with van der Waals surface area (Å²) in [6.07, 6.45) is 5.61. The van der Waals surface area contributed by atoms with Gasteiger partial charge in [0, 0.05) is 4.88 Å². The molecule has 1 saturated carbocycles. The van der Waals surface area contributed by atoms with Gasteiger partial charge in [-0.05, 0) is 67.6 Å². The van der Waals surface area contributed by atoms with E-state index < -0.39 is 0 Å². The topological polar surface area (TPSA) is 12.0 Å². The van der Waals surface area contributed by atoms with Crippen LogP contribution in [0.15, 0.2) is 11.4 Å². The second-order valence-corrected chi connectivity index (χ2v) is 6.81. The van der Waals surface area contributed by atoms with E-state index in [2.05, 4.69) is 37.5 Å². The molecule has 0 radical (unpaired) electrons. The lowest BCUT2D eigenvalue weighted by Gasteiger charge is -2.36. The predicted molar refractivity (Wildman–Crippen MR) is 81.5 cm³/mol. The summed E-state index contributed by atoms with van der Waals surface area (Å²) >= 11 is 1.91. The molecule has 0 saturated heterocycles. The lowest BCUT2D eigenvalue weighted by atomic mass is 9.70. The maximum Gasteiger partial charge on any atom is 0.00491 e. The maximum absolute atomic E-state index is 3.57. The third-order valence-electron chi connectivity index (χ3n) is 4.63. The Bertz CT molecular complexity index is 358. The lowest BCUT2D eigenvalue weighted by Crippen LogP contribution is -2.32. The van der Waals surface area contributed by atoms with E-state index >= 15 is 0 Å². The molecule has 0 aromatic carbocycles. The van der Waals surface area contributed by atoms with E-state index in [-0.39, 0.29) is 0 Å². The summed E-state index contributed by atoms with van der Waals surface area (Å²) in [5.74, 6) is 2.60. The minimum absolute atomic E-state index is 0.800. The Kier molecular flexibility index (Phi) is 5.25. The van der Waals surface area contributed by atoms with Gasteiger partial charge >= 0.3 is 0 Å². The molecule has 0 bridgehead atoms. The first-order valence-electron chi connectivity index (χ1n) is 7.50. The van der Waals surface area contributed by atoms with Crippen LogP contribution in [0.4, 0.5) is 0 Å². The zero-order valence-electron chi connectivity index (χ0n) is 12.0. The van der Waals surface area contributed by atoms with Gasteiger partial charge in [0.2, 0.25) is 0 Å². The molecule has 2 rings (SSSR count). The van der Waals surface area contributed by atoms with E-state index in [9.17, 15) is 0 Å². The summed E-state index contributed by atoms with van der Waals surface area (Å²) in [6, 6.07) is 2.38. The quantitative estimate of drug-likeness (QED) is 0.822. The molecule has 2 heteroatoms. The van der Waals surface area contributed by atoms with Gasteiger partial charge in [-0.3, -0.25) is 0 Å². The van der Waals surface area contributed by atoms with Gasteiger partial charge in [0.15, 0.2) is 0 Å². The molecule has 1 aliphatic carbocycles. The fraction of sp³-hybridized carbons (Fsp3) is 0.750. The number of hydrogen-bond acceptors (Lipinski definition) is 2. The molecule has 3 unspecified atom stereocenters. The van der Waals surface area contributed by atoms with Crippen molar-refractivity contribution in [1.82, 2.24) is 5.32 Å². The Morgan fingerprint density at radius 2 is 2.17 bits per heavy atom. The van der Waals surface area contributed by atoms with Gasteiger partial charge in [0.05, 0.1) is 0 Å². The molecule has 0 amide bonds. The third kappa shape index (κ3) is 3.16. The van der Waals surface area contributed by atoms with Gasteiger partial charge in [-0.1, -0.05) is 26.7 Å². The first kappa shape index (κ1) is 14.1. The van der Waals surface area contributed by atoms with Crippen LogP contribution >= 0.6 is 11.3 Å². The molecule has 1 aromatic rings. The van der Waals surface area contributed by atoms with E-state index in [0.29, 0.717) is 0 Å². The molecule has 1 aliphatic rings. The van der Waals surface area contributed by atoms with Gasteiger partial charge in [-0.15, -0.1) is 11.3 Å². The summed E-state index contributed by atoms with van der Waals surface area (Å²) in [5, 5.41) is 5.83. The standard InChI is InChI=1S/C16H27NS/c1-4-13-6-7-14(11-17-5-2)16(10-13)15-8-9-18-12(15)3/h8-9,13-14,16-17H,4-7,10-11H2,1-3H3. The Labute approximate surface area is 116 Å². The monoisotopic (exact) mass is 265 g/mol. The van der Waals surface area contributed by atoms with E-state index in [1.807, 2.05) is 11.3 Å². The van der Waals surface area contributed by atoms with Crippen LogP contribution < -0.4 is 5.32 Å². The smallest absolute Gasteiger partial charge is 0.00491 e. The minimum atomic E-state index is 0.800. The van der Waals surface area contributed by atoms with Crippen LogP contribution in [0.1, 0.15) is 55.9 Å². The SMILES string of the molecule is CCNCC1CCC(CC)CC1c1ccsc1C. The van der Waals surface area contributed by atoms with E-state index in [0.717, 1.165) is 24.3 Å². The highest BCUT2D eigenvalue weighted by Crippen LogP contribution is 2.43. The van der Waals surface area contributed by atoms with Crippen molar-refractivity contribution in [2.75, 3.05) is 13.1 Å². The molecule has 0 spiro atoms. The fourth-order valence-corrected chi connectivity index (χ4v) is 4.20. The third-order valence-corrected chi connectivity index (χ3v) is 5.50. The van der Waals surface area contributed by atoms with Crippen LogP contribution in [0.2, 0.25) is 0 Å². The number of aryl methyl sites for hydroxylation is 1. The lowest BCUT2D eigenvalue weighted by molar-refractivity contribution is 0.226. The van der Waals surface area contributed by atoms with Crippen molar-refractivity contribution in [2.24, 2.45) is 11.8 Å². The summed E-state index contributed by atoms with van der Waals surface area (Å²) in [6.45, 7) is 9.16. The molecule has 102 valence electrons. The zero-order chi connectivity index (χ0) is 13.0. The Morgan fingerprint density at radius 3 is 2.78 bits per heavy atom. The summed E-state index contributed by atoms with van der Waals surface area (Å²) in [4.78, 5) is 1.54. The van der Waals surface area contributed by atoms with Crippen molar-refractivity contribution in [2.45, 2.75) is 52.4 Å². The molecule has 1 heterocycles. The second-order valence-electron chi connectivity index (χ2n) is 5.69. The first-order chi connectivity index (χ1) is 8.76. The van der Waals surface area contributed by atoms with Gasteiger partial charge in [-0.25, -0.2) is 0 Å². The number of rotatable bonds is 5. The average molecular weight is 265 g/mol. The van der Waals surface area contributed by atoms with Crippen molar-refractivity contribution >= 4 is 11.3 Å². The fourth-order valence-electron chi connectivity index (χ4n) is 3.43. The van der Waals surface area contributed by atoms with E-state index in [1.54, 1.807) is 10.4 Å². The van der Waals surface area contributed by atoms with Gasteiger partial charge in [-0.2, -0.15) is 0 Å². The van der Waals surface area contributed by atoms with Crippen LogP contribution in [0.3, 0.4) is 0 Å². The van der Waals surface area contributed by atoms with Gasteiger partial charge in [0.1, 0.15) is 0 Å². The highest BCUT2D eigenvalue weighted by molar-refractivity contribution is 7.10. The normalized spacial score (nSPS) is 28.5. The number of hydrogen-bond donors (Lipinski definition) is 1. The van der Waals surface area contributed by atoms with Crippen LogP contribution in [-0.2, 0) is 0 Å². The van der Waals surface area contributed by atoms with Crippen LogP contribution in [0, 0.1) is 18.8 Å². The molecule has 18 heavy (non-hydrogen) atoms. The van der Waals surface area contributed by atoms with E-state index in [1.165, 1.54) is 32.2 Å². The number of thiophene rings is 1. The molecule has 1 N–H and O–H groups in total. The first-order valence-corrected chi connectivity index (χ1v) is 8.38. The summed E-state index contributed by atoms with van der Waals surface area (Å²) in [5.41, 5.74) is 1.64. The Balaban J connectivity index is 2.11. The van der Waals surface area contributed by atoms with Crippen molar-refractivity contribution < 1.29 is 0 Å². The van der Waals surface area contributed by atoms with Gasteiger partial charge in [0.25, 0.3) is 0 Å². The van der Waals surface area contributed by atoms with Crippen molar-refractivity contribution in [3.8, 4) is 0 Å².